The molecular formula is C28H30N4O5S. The molecule has 4 rings (SSSR count). The quantitative estimate of drug-likeness (QED) is 0.310. The smallest absolute Gasteiger partial charge is 0.243 e. The van der Waals surface area contributed by atoms with Gasteiger partial charge in [0.1, 0.15) is 5.75 Å². The van der Waals surface area contributed by atoms with Gasteiger partial charge in [0.15, 0.2) is 0 Å². The van der Waals surface area contributed by atoms with Crippen LogP contribution >= 0.6 is 0 Å². The number of amides is 1. The number of rotatable bonds is 11. The average molecular weight is 535 g/mol. The third-order valence-corrected chi connectivity index (χ3v) is 7.76. The number of benzene rings is 3. The van der Waals surface area contributed by atoms with Gasteiger partial charge in [-0.2, -0.15) is 4.31 Å². The van der Waals surface area contributed by atoms with Crippen LogP contribution < -0.4 is 10.1 Å². The first kappa shape index (κ1) is 27.1. The molecule has 3 aromatic carbocycles. The molecule has 0 aliphatic rings. The van der Waals surface area contributed by atoms with E-state index in [2.05, 4.69) is 10.3 Å². The lowest BCUT2D eigenvalue weighted by molar-refractivity contribution is -0.116. The van der Waals surface area contributed by atoms with Crippen LogP contribution in [-0.2, 0) is 19.6 Å². The van der Waals surface area contributed by atoms with Crippen molar-refractivity contribution in [1.82, 2.24) is 13.9 Å². The van der Waals surface area contributed by atoms with E-state index in [0.717, 1.165) is 21.1 Å². The Kier molecular flexibility index (Phi) is 8.57. The molecule has 1 aromatic heterocycles. The fraction of sp³-hybridized carbons (Fsp3) is 0.214. The summed E-state index contributed by atoms with van der Waals surface area (Å²) in [7, 11) is -1.00. The van der Waals surface area contributed by atoms with E-state index >= 15 is 0 Å². The summed E-state index contributed by atoms with van der Waals surface area (Å²) in [6, 6.07) is 23.4. The number of sulfonamides is 1. The molecule has 4 aromatic rings. The van der Waals surface area contributed by atoms with Crippen LogP contribution in [0.4, 0.5) is 5.95 Å². The molecule has 0 bridgehead atoms. The van der Waals surface area contributed by atoms with E-state index < -0.39 is 22.5 Å². The highest BCUT2D eigenvalue weighted by molar-refractivity contribution is 7.89. The van der Waals surface area contributed by atoms with Gasteiger partial charge in [0.2, 0.25) is 21.9 Å². The maximum absolute atomic E-state index is 13.4. The minimum absolute atomic E-state index is 0.0000491. The Labute approximate surface area is 222 Å². The van der Waals surface area contributed by atoms with Gasteiger partial charge in [-0.3, -0.25) is 14.7 Å². The molecule has 198 valence electrons. The van der Waals surface area contributed by atoms with Crippen molar-refractivity contribution in [3.63, 3.8) is 0 Å². The summed E-state index contributed by atoms with van der Waals surface area (Å²) in [5.74, 6) is 0.283. The molecule has 9 nitrogen and oxygen atoms in total. The normalized spacial score (nSPS) is 11.5. The topological polar surface area (TPSA) is 103 Å². The second-order valence-electron chi connectivity index (χ2n) is 8.58. The third kappa shape index (κ3) is 6.28. The second-order valence-corrected chi connectivity index (χ2v) is 10.5. The summed E-state index contributed by atoms with van der Waals surface area (Å²) in [5.41, 5.74) is 3.46. The molecule has 0 fully saturated rings. The summed E-state index contributed by atoms with van der Waals surface area (Å²) in [4.78, 5) is 17.9. The maximum Gasteiger partial charge on any atom is 0.243 e. The fourth-order valence-corrected chi connectivity index (χ4v) is 5.20. The van der Waals surface area contributed by atoms with Crippen LogP contribution in [0.25, 0.3) is 16.9 Å². The molecule has 1 N–H and O–H groups in total. The molecule has 38 heavy (non-hydrogen) atoms. The molecule has 0 radical (unpaired) electrons. The van der Waals surface area contributed by atoms with Gasteiger partial charge in [-0.1, -0.05) is 48.0 Å². The molecule has 0 atom stereocenters. The van der Waals surface area contributed by atoms with Gasteiger partial charge in [0.25, 0.3) is 0 Å². The molecular weight excluding hydrogens is 504 g/mol. The van der Waals surface area contributed by atoms with E-state index in [1.54, 1.807) is 16.7 Å². The molecule has 0 saturated carbocycles. The molecule has 0 saturated heterocycles. The summed E-state index contributed by atoms with van der Waals surface area (Å²) in [6.07, 6.45) is 1.84. The lowest BCUT2D eigenvalue weighted by atomic mass is 10.2. The fourth-order valence-electron chi connectivity index (χ4n) is 3.82. The van der Waals surface area contributed by atoms with Crippen molar-refractivity contribution in [2.75, 3.05) is 39.2 Å². The zero-order chi connectivity index (χ0) is 27.1. The number of ether oxygens (including phenoxy) is 2. The number of methoxy groups -OCH3 is 2. The molecule has 0 aliphatic heterocycles. The lowest BCUT2D eigenvalue weighted by Crippen LogP contribution is -2.40. The average Bonchev–Trinajstić information content (AvgIpc) is 3.35. The first-order chi connectivity index (χ1) is 18.3. The Morgan fingerprint density at radius 1 is 0.974 bits per heavy atom. The van der Waals surface area contributed by atoms with E-state index in [0.29, 0.717) is 11.4 Å². The molecule has 0 unspecified atom stereocenters. The van der Waals surface area contributed by atoms with Gasteiger partial charge < -0.3 is 9.47 Å². The van der Waals surface area contributed by atoms with Crippen molar-refractivity contribution in [3.05, 3.63) is 90.6 Å². The Morgan fingerprint density at radius 2 is 1.66 bits per heavy atom. The number of imidazole rings is 1. The monoisotopic (exact) mass is 534 g/mol. The molecule has 1 heterocycles. The molecule has 0 aliphatic carbocycles. The number of nitrogens with one attached hydrogen (secondary N) is 1. The first-order valence-electron chi connectivity index (χ1n) is 12.0. The van der Waals surface area contributed by atoms with Crippen LogP contribution in [0.2, 0.25) is 0 Å². The van der Waals surface area contributed by atoms with E-state index in [-0.39, 0.29) is 24.0 Å². The minimum Gasteiger partial charge on any atom is -0.497 e. The predicted molar refractivity (Wildman–Crippen MR) is 146 cm³/mol. The number of carbonyl (C=O) groups excluding carboxylic acids is 1. The zero-order valence-electron chi connectivity index (χ0n) is 21.5. The molecule has 1 amide bonds. The highest BCUT2D eigenvalue weighted by atomic mass is 32.2. The van der Waals surface area contributed by atoms with Crippen molar-refractivity contribution in [3.8, 4) is 22.7 Å². The number of nitrogens with zero attached hydrogens (tertiary/aromatic N) is 3. The lowest BCUT2D eigenvalue weighted by Gasteiger charge is -2.21. The van der Waals surface area contributed by atoms with E-state index in [1.165, 1.54) is 26.4 Å². The van der Waals surface area contributed by atoms with Gasteiger partial charge in [0, 0.05) is 31.1 Å². The van der Waals surface area contributed by atoms with Crippen molar-refractivity contribution in [2.45, 2.75) is 11.8 Å². The Morgan fingerprint density at radius 3 is 2.29 bits per heavy atom. The molecule has 0 spiro atoms. The van der Waals surface area contributed by atoms with E-state index in [9.17, 15) is 13.2 Å². The predicted octanol–water partition coefficient (Wildman–Crippen LogP) is 4.13. The number of anilines is 1. The summed E-state index contributed by atoms with van der Waals surface area (Å²) < 4.78 is 39.8. The van der Waals surface area contributed by atoms with Gasteiger partial charge in [-0.25, -0.2) is 13.4 Å². The maximum atomic E-state index is 13.4. The molecule has 10 heteroatoms. The highest BCUT2D eigenvalue weighted by Gasteiger charge is 2.27. The summed E-state index contributed by atoms with van der Waals surface area (Å²) in [5, 5.41) is 2.81. The second kappa shape index (κ2) is 12.0. The van der Waals surface area contributed by atoms with Crippen molar-refractivity contribution >= 4 is 21.9 Å². The van der Waals surface area contributed by atoms with Gasteiger partial charge in [-0.05, 0) is 43.3 Å². The van der Waals surface area contributed by atoms with E-state index in [4.69, 9.17) is 9.47 Å². The van der Waals surface area contributed by atoms with E-state index in [1.807, 2.05) is 67.7 Å². The SMILES string of the molecule is COCCN(CC(=O)Nc1nc(-c2ccccc2)cn1-c1ccc(C)cc1)S(=O)(=O)c1ccc(OC)cc1. The third-order valence-electron chi connectivity index (χ3n) is 5.90. The Bertz CT molecular complexity index is 1470. The van der Waals surface area contributed by atoms with Gasteiger partial charge >= 0.3 is 0 Å². The largest absolute Gasteiger partial charge is 0.497 e. The Balaban J connectivity index is 1.62. The Hall–Kier alpha value is -3.99. The van der Waals surface area contributed by atoms with Crippen LogP contribution in [-0.4, -0.2) is 62.1 Å². The van der Waals surface area contributed by atoms with Crippen LogP contribution in [0.5, 0.6) is 5.75 Å². The van der Waals surface area contributed by atoms with Crippen LogP contribution in [0.3, 0.4) is 0 Å². The van der Waals surface area contributed by atoms with Crippen LogP contribution in [0.1, 0.15) is 5.56 Å². The van der Waals surface area contributed by atoms with Gasteiger partial charge in [0.05, 0.1) is 30.9 Å². The number of carbonyl (C=O) groups is 1. The number of aryl methyl sites for hydroxylation is 1. The van der Waals surface area contributed by atoms with Crippen LogP contribution in [0.15, 0.2) is 90.0 Å². The minimum atomic E-state index is -3.98. The van der Waals surface area contributed by atoms with Crippen molar-refractivity contribution in [2.24, 2.45) is 0 Å². The highest BCUT2D eigenvalue weighted by Crippen LogP contribution is 2.25. The van der Waals surface area contributed by atoms with Crippen LogP contribution in [0, 0.1) is 6.92 Å². The zero-order valence-corrected chi connectivity index (χ0v) is 22.3. The first-order valence-corrected chi connectivity index (χ1v) is 13.4. The van der Waals surface area contributed by atoms with Gasteiger partial charge in [-0.15, -0.1) is 0 Å². The summed E-state index contributed by atoms with van der Waals surface area (Å²) >= 11 is 0. The number of hydrogen-bond acceptors (Lipinski definition) is 6. The summed E-state index contributed by atoms with van der Waals surface area (Å²) in [6.45, 7) is 1.70. The van der Waals surface area contributed by atoms with Crippen molar-refractivity contribution in [1.29, 1.82) is 0 Å². The number of hydrogen-bond donors (Lipinski definition) is 1. The standard InChI is InChI=1S/C28H30N4O5S/c1-21-9-11-23(12-10-21)32-19-26(22-7-5-4-6-8-22)29-28(32)30-27(33)20-31(17-18-36-2)38(34,35)25-15-13-24(37-3)14-16-25/h4-16,19H,17-18,20H2,1-3H3,(H,29,30,33). The number of aromatic nitrogens is 2. The van der Waals surface area contributed by atoms with Crippen molar-refractivity contribution < 1.29 is 22.7 Å².